The van der Waals surface area contributed by atoms with Crippen molar-refractivity contribution < 1.29 is 13.9 Å². The predicted molar refractivity (Wildman–Crippen MR) is 110 cm³/mol. The van der Waals surface area contributed by atoms with Gasteiger partial charge in [0.15, 0.2) is 0 Å². The van der Waals surface area contributed by atoms with Crippen molar-refractivity contribution in [1.29, 1.82) is 5.41 Å². The molecule has 0 aliphatic carbocycles. The molecule has 2 aromatic rings. The number of amides is 1. The van der Waals surface area contributed by atoms with Gasteiger partial charge in [0.05, 0.1) is 35.9 Å². The van der Waals surface area contributed by atoms with Crippen LogP contribution >= 0.6 is 0 Å². The number of rotatable bonds is 5. The molecule has 1 saturated heterocycles. The van der Waals surface area contributed by atoms with Gasteiger partial charge < -0.3 is 21.1 Å². The zero-order chi connectivity index (χ0) is 21.0. The topological polar surface area (TPSA) is 135 Å². The van der Waals surface area contributed by atoms with Gasteiger partial charge >= 0.3 is 0 Å². The van der Waals surface area contributed by atoms with Crippen LogP contribution in [0.2, 0.25) is 0 Å². The maximum atomic E-state index is 14.6. The Kier molecular flexibility index (Phi) is 6.10. The molecule has 0 saturated carbocycles. The molecule has 0 spiro atoms. The first-order valence-corrected chi connectivity index (χ1v) is 9.00. The van der Waals surface area contributed by atoms with Crippen molar-refractivity contribution in [3.05, 3.63) is 71.3 Å². The van der Waals surface area contributed by atoms with Crippen LogP contribution in [-0.2, 0) is 4.74 Å². The summed E-state index contributed by atoms with van der Waals surface area (Å²) in [5, 5.41) is 9.28. The number of nitrogens with two attached hydrogens (primary N) is 3. The number of benzene rings is 2. The minimum absolute atomic E-state index is 0.00172. The lowest BCUT2D eigenvalue weighted by Gasteiger charge is -2.27. The number of morpholine rings is 1. The Bertz CT molecular complexity index is 956. The Morgan fingerprint density at radius 1 is 1.17 bits per heavy atom. The number of nitrogen functional groups attached to an aromatic ring is 1. The number of hydrazine groups is 1. The number of nitrogens with zero attached hydrogens (tertiary/aromatic N) is 2. The van der Waals surface area contributed by atoms with Gasteiger partial charge in [-0.25, -0.2) is 10.2 Å². The highest BCUT2D eigenvalue weighted by Crippen LogP contribution is 2.20. The maximum absolute atomic E-state index is 14.6. The first-order valence-electron chi connectivity index (χ1n) is 9.00. The average molecular weight is 398 g/mol. The van der Waals surface area contributed by atoms with Crippen molar-refractivity contribution in [3.63, 3.8) is 0 Å². The van der Waals surface area contributed by atoms with Gasteiger partial charge in [-0.1, -0.05) is 18.2 Å². The van der Waals surface area contributed by atoms with E-state index in [1.807, 2.05) is 0 Å². The Morgan fingerprint density at radius 2 is 1.86 bits per heavy atom. The molecule has 0 aromatic heterocycles. The molecule has 1 aliphatic heterocycles. The molecule has 0 atom stereocenters. The van der Waals surface area contributed by atoms with E-state index in [0.717, 1.165) is 11.1 Å². The van der Waals surface area contributed by atoms with Gasteiger partial charge in [0, 0.05) is 30.5 Å². The molecule has 1 fully saturated rings. The van der Waals surface area contributed by atoms with E-state index in [9.17, 15) is 9.18 Å². The Hall–Kier alpha value is -3.43. The van der Waals surface area contributed by atoms with Gasteiger partial charge in [0.2, 0.25) is 0 Å². The van der Waals surface area contributed by atoms with Crippen molar-refractivity contribution in [2.45, 2.75) is 0 Å². The van der Waals surface area contributed by atoms with Crippen molar-refractivity contribution >= 4 is 23.0 Å². The number of para-hydroxylation sites is 1. The molecule has 8 nitrogen and oxygen atoms in total. The lowest BCUT2D eigenvalue weighted by Crippen LogP contribution is -2.41. The average Bonchev–Trinajstić information content (AvgIpc) is 2.73. The van der Waals surface area contributed by atoms with Gasteiger partial charge in [-0.2, -0.15) is 0 Å². The molecule has 0 radical (unpaired) electrons. The van der Waals surface area contributed by atoms with Gasteiger partial charge in [0.25, 0.3) is 5.91 Å². The second-order valence-corrected chi connectivity index (χ2v) is 6.52. The number of allylic oxidation sites excluding steroid dienone is 1. The summed E-state index contributed by atoms with van der Waals surface area (Å²) in [4.78, 5) is 14.0. The quantitative estimate of drug-likeness (QED) is 0.260. The molecular weight excluding hydrogens is 375 g/mol. The van der Waals surface area contributed by atoms with E-state index in [-0.39, 0.29) is 22.7 Å². The first-order chi connectivity index (χ1) is 13.9. The molecule has 29 heavy (non-hydrogen) atoms. The van der Waals surface area contributed by atoms with Crippen LogP contribution in [0.25, 0.3) is 0 Å². The SMILES string of the molecule is N=C(/C(N)=C/N(N)c1ccc(C(=O)N2CCOCC2)c(F)c1)c1ccccc1N. The fourth-order valence-electron chi connectivity index (χ4n) is 2.94. The van der Waals surface area contributed by atoms with Crippen LogP contribution in [0, 0.1) is 11.2 Å². The molecule has 152 valence electrons. The van der Waals surface area contributed by atoms with Crippen LogP contribution in [-0.4, -0.2) is 42.8 Å². The van der Waals surface area contributed by atoms with E-state index in [2.05, 4.69) is 0 Å². The van der Waals surface area contributed by atoms with Gasteiger partial charge in [0.1, 0.15) is 5.82 Å². The number of halogens is 1. The zero-order valence-electron chi connectivity index (χ0n) is 15.8. The molecular formula is C20H23FN6O2. The van der Waals surface area contributed by atoms with Crippen LogP contribution in [0.15, 0.2) is 54.4 Å². The highest BCUT2D eigenvalue weighted by Gasteiger charge is 2.22. The molecule has 0 bridgehead atoms. The minimum Gasteiger partial charge on any atom is -0.398 e. The van der Waals surface area contributed by atoms with Gasteiger partial charge in [-0.15, -0.1) is 0 Å². The van der Waals surface area contributed by atoms with Crippen molar-refractivity contribution in [3.8, 4) is 0 Å². The molecule has 2 aromatic carbocycles. The Morgan fingerprint density at radius 3 is 2.52 bits per heavy atom. The number of hydrogen-bond donors (Lipinski definition) is 4. The van der Waals surface area contributed by atoms with E-state index < -0.39 is 11.7 Å². The summed E-state index contributed by atoms with van der Waals surface area (Å²) >= 11 is 0. The zero-order valence-corrected chi connectivity index (χ0v) is 15.8. The highest BCUT2D eigenvalue weighted by molar-refractivity contribution is 6.13. The summed E-state index contributed by atoms with van der Waals surface area (Å²) in [6.45, 7) is 1.72. The van der Waals surface area contributed by atoms with Crippen molar-refractivity contribution in [2.75, 3.05) is 37.0 Å². The summed E-state index contributed by atoms with van der Waals surface area (Å²) < 4.78 is 19.8. The second kappa shape index (κ2) is 8.72. The number of nitrogens with one attached hydrogen (secondary N) is 1. The van der Waals surface area contributed by atoms with Crippen LogP contribution in [0.3, 0.4) is 0 Å². The summed E-state index contributed by atoms with van der Waals surface area (Å²) in [6, 6.07) is 10.9. The summed E-state index contributed by atoms with van der Waals surface area (Å²) in [5.41, 5.74) is 13.0. The van der Waals surface area contributed by atoms with E-state index in [4.69, 9.17) is 27.5 Å². The number of ether oxygens (including phenoxy) is 1. The fourth-order valence-corrected chi connectivity index (χ4v) is 2.94. The third kappa shape index (κ3) is 4.53. The fraction of sp³-hybridized carbons (Fsp3) is 0.200. The standard InChI is InChI=1S/C20H23FN6O2/c21-16-11-13(5-6-14(16)20(28)26-7-9-29-10-8-26)27(25)12-18(23)19(24)15-3-1-2-4-17(15)22/h1-6,11-12,24H,7-10,22-23,25H2/b18-12-,24-19?. The smallest absolute Gasteiger partial charge is 0.256 e. The van der Waals surface area contributed by atoms with Gasteiger partial charge in [-0.3, -0.25) is 15.2 Å². The minimum atomic E-state index is -0.691. The summed E-state index contributed by atoms with van der Waals surface area (Å²) in [5.74, 6) is 4.88. The molecule has 9 heteroatoms. The molecule has 1 aliphatic rings. The third-order valence-corrected chi connectivity index (χ3v) is 4.58. The maximum Gasteiger partial charge on any atom is 0.256 e. The van der Waals surface area contributed by atoms with Gasteiger partial charge in [-0.05, 0) is 24.3 Å². The first kappa shape index (κ1) is 20.3. The Labute approximate surface area is 167 Å². The molecule has 0 unspecified atom stereocenters. The second-order valence-electron chi connectivity index (χ2n) is 6.52. The monoisotopic (exact) mass is 398 g/mol. The molecule has 1 heterocycles. The van der Waals surface area contributed by atoms with E-state index >= 15 is 0 Å². The molecule has 7 N–H and O–H groups in total. The number of carbonyl (C=O) groups excluding carboxylic acids is 1. The lowest BCUT2D eigenvalue weighted by molar-refractivity contribution is 0.0300. The van der Waals surface area contributed by atoms with E-state index in [0.29, 0.717) is 37.6 Å². The highest BCUT2D eigenvalue weighted by atomic mass is 19.1. The van der Waals surface area contributed by atoms with Crippen molar-refractivity contribution in [1.82, 2.24) is 4.90 Å². The van der Waals surface area contributed by atoms with Crippen molar-refractivity contribution in [2.24, 2.45) is 11.6 Å². The van der Waals surface area contributed by atoms with Crippen LogP contribution < -0.4 is 22.3 Å². The number of anilines is 2. The summed E-state index contributed by atoms with van der Waals surface area (Å²) in [6.07, 6.45) is 1.30. The summed E-state index contributed by atoms with van der Waals surface area (Å²) in [7, 11) is 0. The normalized spacial score (nSPS) is 14.6. The van der Waals surface area contributed by atoms with E-state index in [1.54, 1.807) is 29.2 Å². The predicted octanol–water partition coefficient (Wildman–Crippen LogP) is 1.43. The number of carbonyl (C=O) groups is 1. The number of hydrogen-bond acceptors (Lipinski definition) is 7. The lowest BCUT2D eigenvalue weighted by atomic mass is 10.1. The third-order valence-electron chi connectivity index (χ3n) is 4.58. The Balaban J connectivity index is 1.77. The molecule has 3 rings (SSSR count). The molecule has 1 amide bonds. The van der Waals surface area contributed by atoms with Crippen LogP contribution in [0.1, 0.15) is 15.9 Å². The van der Waals surface area contributed by atoms with Crippen LogP contribution in [0.4, 0.5) is 15.8 Å². The van der Waals surface area contributed by atoms with Crippen LogP contribution in [0.5, 0.6) is 0 Å². The van der Waals surface area contributed by atoms with E-state index in [1.165, 1.54) is 18.3 Å². The largest absolute Gasteiger partial charge is 0.398 e.